The zero-order valence-electron chi connectivity index (χ0n) is 13.9. The molecule has 2 N–H and O–H groups in total. The molecule has 1 atom stereocenters. The van der Waals surface area contributed by atoms with Crippen LogP contribution in [0.15, 0.2) is 33.7 Å². The van der Waals surface area contributed by atoms with Crippen molar-refractivity contribution in [3.63, 3.8) is 0 Å². The molecule has 1 unspecified atom stereocenters. The van der Waals surface area contributed by atoms with Crippen molar-refractivity contribution < 1.29 is 13.2 Å². The van der Waals surface area contributed by atoms with Gasteiger partial charge in [0.05, 0.1) is 13.1 Å². The molecule has 0 saturated carbocycles. The zero-order valence-corrected chi connectivity index (χ0v) is 17.9. The van der Waals surface area contributed by atoms with Crippen LogP contribution in [0.25, 0.3) is 0 Å². The van der Waals surface area contributed by atoms with E-state index >= 15 is 0 Å². The van der Waals surface area contributed by atoms with E-state index in [1.807, 2.05) is 31.2 Å². The standard InChI is InChI=1S/C16H22BrF3N4.HI/c1-2-21-15(22-9-12-3-5-13(17)6-4-12)23-14-7-8-24(10-14)11-16(18,19)20;/h3-6,14H,2,7-11H2,1H3,(H2,21,22,23);1H. The minimum absolute atomic E-state index is 0. The van der Waals surface area contributed by atoms with Crippen LogP contribution >= 0.6 is 39.9 Å². The minimum Gasteiger partial charge on any atom is -0.357 e. The second kappa shape index (κ2) is 10.6. The fourth-order valence-electron chi connectivity index (χ4n) is 2.62. The molecule has 1 aliphatic heterocycles. The summed E-state index contributed by atoms with van der Waals surface area (Å²) in [5.74, 6) is 0.638. The van der Waals surface area contributed by atoms with Crippen molar-refractivity contribution in [2.75, 3.05) is 26.2 Å². The third-order valence-electron chi connectivity index (χ3n) is 3.69. The molecule has 1 heterocycles. The minimum atomic E-state index is -4.14. The number of benzene rings is 1. The molecule has 25 heavy (non-hydrogen) atoms. The Morgan fingerprint density at radius 3 is 2.60 bits per heavy atom. The molecule has 1 aromatic carbocycles. The number of halogens is 5. The third-order valence-corrected chi connectivity index (χ3v) is 4.22. The molecule has 0 radical (unpaired) electrons. The van der Waals surface area contributed by atoms with E-state index in [0.717, 1.165) is 10.0 Å². The summed E-state index contributed by atoms with van der Waals surface area (Å²) in [6.07, 6.45) is -3.46. The topological polar surface area (TPSA) is 39.7 Å². The molecule has 1 fully saturated rings. The fraction of sp³-hybridized carbons (Fsp3) is 0.562. The summed E-state index contributed by atoms with van der Waals surface area (Å²) in [7, 11) is 0. The molecule has 9 heteroatoms. The van der Waals surface area contributed by atoms with Gasteiger partial charge >= 0.3 is 6.18 Å². The lowest BCUT2D eigenvalue weighted by Crippen LogP contribution is -2.45. The largest absolute Gasteiger partial charge is 0.401 e. The molecule has 0 bridgehead atoms. The SMILES string of the molecule is CCNC(=NCc1ccc(Br)cc1)NC1CCN(CC(F)(F)F)C1.I. The predicted molar refractivity (Wildman–Crippen MR) is 108 cm³/mol. The molecule has 0 aliphatic carbocycles. The average Bonchev–Trinajstić information content (AvgIpc) is 2.91. The van der Waals surface area contributed by atoms with Crippen LogP contribution in [0.3, 0.4) is 0 Å². The smallest absolute Gasteiger partial charge is 0.357 e. The first-order chi connectivity index (χ1) is 11.4. The first-order valence-electron chi connectivity index (χ1n) is 7.94. The van der Waals surface area contributed by atoms with Crippen molar-refractivity contribution in [3.8, 4) is 0 Å². The maximum atomic E-state index is 12.5. The van der Waals surface area contributed by atoms with Crippen LogP contribution in [0.5, 0.6) is 0 Å². The monoisotopic (exact) mass is 534 g/mol. The number of nitrogens with one attached hydrogen (secondary N) is 2. The second-order valence-electron chi connectivity index (χ2n) is 5.80. The van der Waals surface area contributed by atoms with Crippen LogP contribution in [0, 0.1) is 0 Å². The Hall–Kier alpha value is -0.550. The Labute approximate surface area is 171 Å². The normalized spacial score (nSPS) is 18.8. The van der Waals surface area contributed by atoms with Crippen molar-refractivity contribution >= 4 is 45.9 Å². The number of likely N-dealkylation sites (tertiary alicyclic amines) is 1. The van der Waals surface area contributed by atoms with Crippen LogP contribution in [0.2, 0.25) is 0 Å². The Morgan fingerprint density at radius 2 is 2.00 bits per heavy atom. The summed E-state index contributed by atoms with van der Waals surface area (Å²) in [4.78, 5) is 5.94. The lowest BCUT2D eigenvalue weighted by molar-refractivity contribution is -0.143. The van der Waals surface area contributed by atoms with Crippen molar-refractivity contribution in [3.05, 3.63) is 34.3 Å². The Balaban J connectivity index is 0.00000312. The maximum Gasteiger partial charge on any atom is 0.401 e. The molecule has 4 nitrogen and oxygen atoms in total. The van der Waals surface area contributed by atoms with Gasteiger partial charge < -0.3 is 10.6 Å². The number of aliphatic imine (C=N–C) groups is 1. The highest BCUT2D eigenvalue weighted by Gasteiger charge is 2.34. The Morgan fingerprint density at radius 1 is 1.32 bits per heavy atom. The van der Waals surface area contributed by atoms with Crippen molar-refractivity contribution in [2.24, 2.45) is 4.99 Å². The van der Waals surface area contributed by atoms with Gasteiger partial charge in [-0.3, -0.25) is 4.90 Å². The summed E-state index contributed by atoms with van der Waals surface area (Å²) in [6.45, 7) is 3.15. The third kappa shape index (κ3) is 8.59. The van der Waals surface area contributed by atoms with Gasteiger partial charge in [-0.05, 0) is 31.0 Å². The van der Waals surface area contributed by atoms with Crippen LogP contribution in [0.1, 0.15) is 18.9 Å². The highest BCUT2D eigenvalue weighted by molar-refractivity contribution is 14.0. The van der Waals surface area contributed by atoms with Crippen LogP contribution in [-0.4, -0.2) is 49.3 Å². The van der Waals surface area contributed by atoms with Crippen molar-refractivity contribution in [1.29, 1.82) is 0 Å². The maximum absolute atomic E-state index is 12.5. The van der Waals surface area contributed by atoms with Gasteiger partial charge in [0, 0.05) is 30.1 Å². The molecule has 2 rings (SSSR count). The number of alkyl halides is 3. The van der Waals surface area contributed by atoms with Crippen molar-refractivity contribution in [2.45, 2.75) is 32.1 Å². The molecule has 0 amide bonds. The molecular weight excluding hydrogens is 512 g/mol. The lowest BCUT2D eigenvalue weighted by atomic mass is 10.2. The van der Waals surface area contributed by atoms with E-state index in [9.17, 15) is 13.2 Å². The quantitative estimate of drug-likeness (QED) is 0.343. The Bertz CT molecular complexity index is 551. The van der Waals surface area contributed by atoms with Gasteiger partial charge in [-0.25, -0.2) is 4.99 Å². The van der Waals surface area contributed by atoms with Gasteiger partial charge in [0.1, 0.15) is 0 Å². The number of nitrogens with zero attached hydrogens (tertiary/aromatic N) is 2. The lowest BCUT2D eigenvalue weighted by Gasteiger charge is -2.19. The molecule has 1 aromatic rings. The molecular formula is C16H23BrF3IN4. The van der Waals surface area contributed by atoms with E-state index in [1.165, 1.54) is 4.90 Å². The van der Waals surface area contributed by atoms with Gasteiger partial charge in [-0.15, -0.1) is 24.0 Å². The molecule has 1 aliphatic rings. The summed E-state index contributed by atoms with van der Waals surface area (Å²) in [6, 6.07) is 7.86. The number of hydrogen-bond donors (Lipinski definition) is 2. The first-order valence-corrected chi connectivity index (χ1v) is 8.73. The zero-order chi connectivity index (χ0) is 17.6. The highest BCUT2D eigenvalue weighted by Crippen LogP contribution is 2.20. The summed E-state index contributed by atoms with van der Waals surface area (Å²) in [5.41, 5.74) is 1.07. The van der Waals surface area contributed by atoms with Gasteiger partial charge in [0.25, 0.3) is 0 Å². The number of hydrogen-bond acceptors (Lipinski definition) is 2. The second-order valence-corrected chi connectivity index (χ2v) is 6.72. The highest BCUT2D eigenvalue weighted by atomic mass is 127. The summed E-state index contributed by atoms with van der Waals surface area (Å²) >= 11 is 3.39. The summed E-state index contributed by atoms with van der Waals surface area (Å²) < 4.78 is 38.4. The van der Waals surface area contributed by atoms with Gasteiger partial charge in [-0.2, -0.15) is 13.2 Å². The summed E-state index contributed by atoms with van der Waals surface area (Å²) in [5, 5.41) is 6.38. The first kappa shape index (κ1) is 22.5. The number of guanidine groups is 1. The van der Waals surface area contributed by atoms with E-state index in [0.29, 0.717) is 38.6 Å². The predicted octanol–water partition coefficient (Wildman–Crippen LogP) is 3.76. The molecule has 142 valence electrons. The van der Waals surface area contributed by atoms with Crippen LogP contribution in [-0.2, 0) is 6.54 Å². The van der Waals surface area contributed by atoms with Gasteiger partial charge in [0.2, 0.25) is 0 Å². The number of rotatable bonds is 5. The van der Waals surface area contributed by atoms with Crippen LogP contribution < -0.4 is 10.6 Å². The van der Waals surface area contributed by atoms with E-state index in [2.05, 4.69) is 31.6 Å². The fourth-order valence-corrected chi connectivity index (χ4v) is 2.89. The van der Waals surface area contributed by atoms with E-state index in [4.69, 9.17) is 0 Å². The molecule has 0 spiro atoms. The van der Waals surface area contributed by atoms with E-state index < -0.39 is 12.7 Å². The van der Waals surface area contributed by atoms with E-state index in [1.54, 1.807) is 0 Å². The van der Waals surface area contributed by atoms with Gasteiger partial charge in [-0.1, -0.05) is 28.1 Å². The van der Waals surface area contributed by atoms with Crippen molar-refractivity contribution in [1.82, 2.24) is 15.5 Å². The van der Waals surface area contributed by atoms with Crippen LogP contribution in [0.4, 0.5) is 13.2 Å². The Kier molecular flexibility index (Phi) is 9.50. The van der Waals surface area contributed by atoms with E-state index in [-0.39, 0.29) is 30.0 Å². The molecule has 1 saturated heterocycles. The van der Waals surface area contributed by atoms with Gasteiger partial charge in [0.15, 0.2) is 5.96 Å². The average molecular weight is 535 g/mol. The molecule has 0 aromatic heterocycles.